The van der Waals surface area contributed by atoms with Gasteiger partial charge in [-0.2, -0.15) is 0 Å². The van der Waals surface area contributed by atoms with Crippen molar-refractivity contribution in [3.05, 3.63) is 36.9 Å². The van der Waals surface area contributed by atoms with Crippen molar-refractivity contribution in [1.82, 2.24) is 0 Å². The molecule has 0 saturated heterocycles. The molecule has 4 nitrogen and oxygen atoms in total. The third-order valence-corrected chi connectivity index (χ3v) is 2.04. The number of nitrogens with two attached hydrogens (primary N) is 1. The first-order chi connectivity index (χ1) is 7.69. The number of hydrogen-bond acceptors (Lipinski definition) is 2. The van der Waals surface area contributed by atoms with E-state index < -0.39 is 6.03 Å². The third-order valence-electron chi connectivity index (χ3n) is 2.04. The molecule has 0 aliphatic rings. The van der Waals surface area contributed by atoms with Gasteiger partial charge in [0.05, 0.1) is 6.61 Å². The van der Waals surface area contributed by atoms with Gasteiger partial charge in [-0.1, -0.05) is 6.08 Å². The van der Waals surface area contributed by atoms with Crippen molar-refractivity contribution in [2.45, 2.75) is 6.92 Å². The highest BCUT2D eigenvalue weighted by Crippen LogP contribution is 2.19. The van der Waals surface area contributed by atoms with Crippen LogP contribution in [0.4, 0.5) is 10.5 Å². The molecule has 86 valence electrons. The Kier molecular flexibility index (Phi) is 4.39. The summed E-state index contributed by atoms with van der Waals surface area (Å²) in [4.78, 5) is 12.6. The van der Waals surface area contributed by atoms with Crippen LogP contribution in [0.3, 0.4) is 0 Å². The molecule has 0 fully saturated rings. The monoisotopic (exact) mass is 220 g/mol. The lowest BCUT2D eigenvalue weighted by atomic mass is 10.2. The number of carbonyl (C=O) groups is 1. The number of anilines is 1. The van der Waals surface area contributed by atoms with E-state index >= 15 is 0 Å². The number of nitrogens with zero attached hydrogens (tertiary/aromatic N) is 1. The Bertz CT molecular complexity index is 360. The van der Waals surface area contributed by atoms with Gasteiger partial charge in [0.25, 0.3) is 0 Å². The molecule has 0 saturated carbocycles. The molecule has 1 rings (SSSR count). The topological polar surface area (TPSA) is 55.6 Å². The van der Waals surface area contributed by atoms with E-state index in [2.05, 4.69) is 6.58 Å². The van der Waals surface area contributed by atoms with Gasteiger partial charge in [-0.3, -0.25) is 4.90 Å². The van der Waals surface area contributed by atoms with E-state index in [0.717, 1.165) is 11.4 Å². The molecular weight excluding hydrogens is 204 g/mol. The van der Waals surface area contributed by atoms with Gasteiger partial charge < -0.3 is 10.5 Å². The number of ether oxygens (including phenoxy) is 1. The zero-order chi connectivity index (χ0) is 12.0. The van der Waals surface area contributed by atoms with Crippen molar-refractivity contribution >= 4 is 11.7 Å². The van der Waals surface area contributed by atoms with Crippen molar-refractivity contribution in [1.29, 1.82) is 0 Å². The molecule has 2 N–H and O–H groups in total. The van der Waals surface area contributed by atoms with Gasteiger partial charge >= 0.3 is 6.03 Å². The largest absolute Gasteiger partial charge is 0.494 e. The van der Waals surface area contributed by atoms with Crippen LogP contribution in [0.5, 0.6) is 5.75 Å². The number of primary amides is 1. The summed E-state index contributed by atoms with van der Waals surface area (Å²) >= 11 is 0. The minimum Gasteiger partial charge on any atom is -0.494 e. The van der Waals surface area contributed by atoms with Crippen LogP contribution in [0.2, 0.25) is 0 Å². The van der Waals surface area contributed by atoms with Crippen molar-refractivity contribution < 1.29 is 9.53 Å². The van der Waals surface area contributed by atoms with Crippen LogP contribution >= 0.6 is 0 Å². The summed E-state index contributed by atoms with van der Waals surface area (Å²) < 4.78 is 5.31. The van der Waals surface area contributed by atoms with E-state index in [0.29, 0.717) is 13.2 Å². The predicted octanol–water partition coefficient (Wildman–Crippen LogP) is 2.16. The lowest BCUT2D eigenvalue weighted by Gasteiger charge is -2.18. The average molecular weight is 220 g/mol. The summed E-state index contributed by atoms with van der Waals surface area (Å²) in [5.41, 5.74) is 5.99. The van der Waals surface area contributed by atoms with E-state index in [1.807, 2.05) is 6.92 Å². The van der Waals surface area contributed by atoms with Crippen molar-refractivity contribution in [3.8, 4) is 5.75 Å². The molecule has 0 aliphatic carbocycles. The van der Waals surface area contributed by atoms with Crippen LogP contribution in [0.1, 0.15) is 6.92 Å². The zero-order valence-corrected chi connectivity index (χ0v) is 9.35. The smallest absolute Gasteiger partial charge is 0.319 e. The van der Waals surface area contributed by atoms with Crippen LogP contribution in [-0.4, -0.2) is 19.2 Å². The molecule has 0 heterocycles. The van der Waals surface area contributed by atoms with Gasteiger partial charge in [0.15, 0.2) is 0 Å². The van der Waals surface area contributed by atoms with Gasteiger partial charge in [0.2, 0.25) is 0 Å². The summed E-state index contributed by atoms with van der Waals surface area (Å²) in [6.07, 6.45) is 1.63. The Morgan fingerprint density at radius 3 is 2.56 bits per heavy atom. The molecule has 0 spiro atoms. The fourth-order valence-corrected chi connectivity index (χ4v) is 1.34. The Morgan fingerprint density at radius 2 is 2.12 bits per heavy atom. The Hall–Kier alpha value is -1.97. The minimum absolute atomic E-state index is 0.392. The number of hydrogen-bond donors (Lipinski definition) is 1. The summed E-state index contributed by atoms with van der Waals surface area (Å²) in [7, 11) is 0. The Labute approximate surface area is 95.3 Å². The molecule has 16 heavy (non-hydrogen) atoms. The standard InChI is InChI=1S/C12H16N2O2/c1-3-9-14(12(13)15)10-5-7-11(8-6-10)16-4-2/h3,5-8H,1,4,9H2,2H3,(H2,13,15). The maximum atomic E-state index is 11.2. The molecular formula is C12H16N2O2. The lowest BCUT2D eigenvalue weighted by molar-refractivity contribution is 0.254. The molecule has 0 radical (unpaired) electrons. The highest BCUT2D eigenvalue weighted by molar-refractivity contribution is 5.90. The molecule has 2 amide bonds. The second-order valence-corrected chi connectivity index (χ2v) is 3.16. The first-order valence-electron chi connectivity index (χ1n) is 5.09. The summed E-state index contributed by atoms with van der Waals surface area (Å²) in [6, 6.07) is 6.69. The molecule has 1 aromatic carbocycles. The Morgan fingerprint density at radius 1 is 1.50 bits per heavy atom. The second-order valence-electron chi connectivity index (χ2n) is 3.16. The number of carbonyl (C=O) groups excluding carboxylic acids is 1. The molecule has 0 unspecified atom stereocenters. The highest BCUT2D eigenvalue weighted by Gasteiger charge is 2.09. The summed E-state index contributed by atoms with van der Waals surface area (Å²) in [5, 5.41) is 0. The number of rotatable bonds is 5. The van der Waals surface area contributed by atoms with E-state index in [9.17, 15) is 4.79 Å². The Balaban J connectivity index is 2.85. The first kappa shape index (κ1) is 12.1. The first-order valence-corrected chi connectivity index (χ1v) is 5.09. The quantitative estimate of drug-likeness (QED) is 0.773. The fourth-order valence-electron chi connectivity index (χ4n) is 1.34. The lowest BCUT2D eigenvalue weighted by Crippen LogP contribution is -2.35. The van der Waals surface area contributed by atoms with Crippen molar-refractivity contribution in [2.75, 3.05) is 18.1 Å². The van der Waals surface area contributed by atoms with Gasteiger partial charge in [-0.15, -0.1) is 6.58 Å². The van der Waals surface area contributed by atoms with Gasteiger partial charge in [0.1, 0.15) is 5.75 Å². The van der Waals surface area contributed by atoms with Crippen LogP contribution in [0.25, 0.3) is 0 Å². The minimum atomic E-state index is -0.496. The number of urea groups is 1. The van der Waals surface area contributed by atoms with E-state index in [4.69, 9.17) is 10.5 Å². The van der Waals surface area contributed by atoms with Crippen LogP contribution in [0.15, 0.2) is 36.9 Å². The zero-order valence-electron chi connectivity index (χ0n) is 9.35. The average Bonchev–Trinajstić information content (AvgIpc) is 2.27. The molecule has 0 atom stereocenters. The highest BCUT2D eigenvalue weighted by atomic mass is 16.5. The number of benzene rings is 1. The van der Waals surface area contributed by atoms with Crippen LogP contribution in [-0.2, 0) is 0 Å². The molecule has 0 bridgehead atoms. The van der Waals surface area contributed by atoms with Gasteiger partial charge in [-0.05, 0) is 31.2 Å². The summed E-state index contributed by atoms with van der Waals surface area (Å²) in [6.45, 7) is 6.51. The molecule has 0 aromatic heterocycles. The van der Waals surface area contributed by atoms with E-state index in [-0.39, 0.29) is 0 Å². The maximum absolute atomic E-state index is 11.2. The SMILES string of the molecule is C=CCN(C(N)=O)c1ccc(OCC)cc1. The van der Waals surface area contributed by atoms with E-state index in [1.165, 1.54) is 4.90 Å². The maximum Gasteiger partial charge on any atom is 0.319 e. The van der Waals surface area contributed by atoms with Crippen molar-refractivity contribution in [2.24, 2.45) is 5.73 Å². The molecule has 4 heteroatoms. The van der Waals surface area contributed by atoms with Crippen LogP contribution < -0.4 is 15.4 Å². The second kappa shape index (κ2) is 5.80. The number of amides is 2. The molecule has 1 aromatic rings. The van der Waals surface area contributed by atoms with Gasteiger partial charge in [-0.25, -0.2) is 4.79 Å². The van der Waals surface area contributed by atoms with Crippen molar-refractivity contribution in [3.63, 3.8) is 0 Å². The van der Waals surface area contributed by atoms with Crippen LogP contribution in [0, 0.1) is 0 Å². The fraction of sp³-hybridized carbons (Fsp3) is 0.250. The molecule has 0 aliphatic heterocycles. The predicted molar refractivity (Wildman–Crippen MR) is 64.7 cm³/mol. The van der Waals surface area contributed by atoms with E-state index in [1.54, 1.807) is 30.3 Å². The summed E-state index contributed by atoms with van der Waals surface area (Å²) in [5.74, 6) is 0.772. The normalized spacial score (nSPS) is 9.56. The third kappa shape index (κ3) is 3.02. The van der Waals surface area contributed by atoms with Gasteiger partial charge in [0, 0.05) is 12.2 Å².